The average Bonchev–Trinajstić information content (AvgIpc) is 3.05. The molecular weight excluding hydrogens is 436 g/mol. The Hall–Kier alpha value is -2.75. The van der Waals surface area contributed by atoms with Gasteiger partial charge in [0, 0.05) is 5.56 Å². The third-order valence-electron chi connectivity index (χ3n) is 4.12. The lowest BCUT2D eigenvalue weighted by atomic mass is 10.2. The van der Waals surface area contributed by atoms with E-state index in [0.717, 1.165) is 21.8 Å². The van der Waals surface area contributed by atoms with Gasteiger partial charge in [-0.25, -0.2) is 19.4 Å². The zero-order valence-electron chi connectivity index (χ0n) is 19.4. The molecule has 2 rings (SSSR count). The monoisotopic (exact) mass is 466 g/mol. The summed E-state index contributed by atoms with van der Waals surface area (Å²) in [4.78, 5) is 51.4. The van der Waals surface area contributed by atoms with Gasteiger partial charge in [0.1, 0.15) is 11.2 Å². The summed E-state index contributed by atoms with van der Waals surface area (Å²) in [5, 5.41) is 0.785. The molecule has 2 amide bonds. The van der Waals surface area contributed by atoms with E-state index in [1.165, 1.54) is 7.11 Å². The molecule has 0 spiro atoms. The standard InChI is InChI=1S/C22H30N2O7S/c1-21(2,3)30-19(27)23-13-15(32-18(26)14-11-9-8-10-12-14)16(17(25)29-7)24(23)20(28)31-22(4,5)6/h8-12,15-16H,13H2,1-7H3. The summed E-state index contributed by atoms with van der Waals surface area (Å²) >= 11 is 0.852. The van der Waals surface area contributed by atoms with Crippen LogP contribution >= 0.6 is 11.8 Å². The number of hydrogen-bond acceptors (Lipinski definition) is 8. The fraction of sp³-hybridized carbons (Fsp3) is 0.545. The molecule has 1 saturated heterocycles. The molecule has 0 aromatic heterocycles. The van der Waals surface area contributed by atoms with Gasteiger partial charge in [-0.3, -0.25) is 4.79 Å². The molecule has 176 valence electrons. The van der Waals surface area contributed by atoms with Crippen molar-refractivity contribution < 1.29 is 33.4 Å². The highest BCUT2D eigenvalue weighted by molar-refractivity contribution is 8.14. The first-order valence-corrected chi connectivity index (χ1v) is 11.0. The first-order valence-electron chi connectivity index (χ1n) is 10.1. The fourth-order valence-corrected chi connectivity index (χ4v) is 4.04. The van der Waals surface area contributed by atoms with Crippen molar-refractivity contribution in [3.05, 3.63) is 35.9 Å². The predicted molar refractivity (Wildman–Crippen MR) is 119 cm³/mol. The molecule has 32 heavy (non-hydrogen) atoms. The first kappa shape index (κ1) is 25.5. The highest BCUT2D eigenvalue weighted by atomic mass is 32.2. The molecule has 1 fully saturated rings. The largest absolute Gasteiger partial charge is 0.467 e. The van der Waals surface area contributed by atoms with Gasteiger partial charge in [0.05, 0.1) is 18.9 Å². The van der Waals surface area contributed by atoms with Gasteiger partial charge in [-0.05, 0) is 41.5 Å². The second-order valence-corrected chi connectivity index (χ2v) is 10.4. The minimum absolute atomic E-state index is 0.128. The number of thioether (sulfide) groups is 1. The van der Waals surface area contributed by atoms with Gasteiger partial charge in [0.25, 0.3) is 0 Å². The van der Waals surface area contributed by atoms with Crippen molar-refractivity contribution in [1.82, 2.24) is 10.0 Å². The van der Waals surface area contributed by atoms with Crippen LogP contribution in [-0.4, -0.2) is 69.4 Å². The third kappa shape index (κ3) is 6.62. The summed E-state index contributed by atoms with van der Waals surface area (Å²) in [6, 6.07) is 7.26. The minimum Gasteiger partial charge on any atom is -0.467 e. The molecule has 2 atom stereocenters. The first-order chi connectivity index (χ1) is 14.7. The predicted octanol–water partition coefficient (Wildman–Crippen LogP) is 3.87. The molecule has 1 aromatic rings. The van der Waals surface area contributed by atoms with Gasteiger partial charge in [-0.15, -0.1) is 0 Å². The van der Waals surface area contributed by atoms with Gasteiger partial charge in [0.2, 0.25) is 5.12 Å². The van der Waals surface area contributed by atoms with Gasteiger partial charge in [-0.2, -0.15) is 5.01 Å². The van der Waals surface area contributed by atoms with E-state index in [1.807, 2.05) is 0 Å². The van der Waals surface area contributed by atoms with E-state index in [1.54, 1.807) is 71.9 Å². The highest BCUT2D eigenvalue weighted by Gasteiger charge is 2.53. The van der Waals surface area contributed by atoms with Crippen molar-refractivity contribution >= 4 is 35.0 Å². The van der Waals surface area contributed by atoms with E-state index in [9.17, 15) is 19.2 Å². The van der Waals surface area contributed by atoms with Crippen LogP contribution in [0.4, 0.5) is 9.59 Å². The van der Waals surface area contributed by atoms with Crippen molar-refractivity contribution in [1.29, 1.82) is 0 Å². The van der Waals surface area contributed by atoms with Gasteiger partial charge < -0.3 is 14.2 Å². The Labute approximate surface area is 192 Å². The van der Waals surface area contributed by atoms with Gasteiger partial charge in [-0.1, -0.05) is 42.1 Å². The molecule has 0 radical (unpaired) electrons. The number of amides is 2. The molecule has 0 bridgehead atoms. The van der Waals surface area contributed by atoms with E-state index < -0.39 is 40.6 Å². The summed E-state index contributed by atoms with van der Waals surface area (Å²) in [6.07, 6.45) is -1.76. The maximum Gasteiger partial charge on any atom is 0.430 e. The Balaban J connectivity index is 2.42. The number of methoxy groups -OCH3 is 1. The van der Waals surface area contributed by atoms with Gasteiger partial charge in [0.15, 0.2) is 6.04 Å². The van der Waals surface area contributed by atoms with E-state index in [2.05, 4.69) is 0 Å². The van der Waals surface area contributed by atoms with Crippen LogP contribution in [0.15, 0.2) is 30.3 Å². The molecule has 0 saturated carbocycles. The molecular formula is C22H30N2O7S. The minimum atomic E-state index is -1.26. The van der Waals surface area contributed by atoms with Gasteiger partial charge >= 0.3 is 18.2 Å². The lowest BCUT2D eigenvalue weighted by Crippen LogP contribution is -2.54. The molecule has 1 aliphatic rings. The Kier molecular flexibility index (Phi) is 7.82. The number of carbonyl (C=O) groups excluding carboxylic acids is 4. The second kappa shape index (κ2) is 9.81. The summed E-state index contributed by atoms with van der Waals surface area (Å²) < 4.78 is 15.8. The Morgan fingerprint density at radius 2 is 1.44 bits per heavy atom. The van der Waals surface area contributed by atoms with Crippen LogP contribution in [0.25, 0.3) is 0 Å². The SMILES string of the molecule is COC(=O)C1C(SC(=O)c2ccccc2)CN(C(=O)OC(C)(C)C)N1C(=O)OC(C)(C)C. The van der Waals surface area contributed by atoms with Crippen LogP contribution in [0.5, 0.6) is 0 Å². The van der Waals surface area contributed by atoms with Crippen LogP contribution in [0.1, 0.15) is 51.9 Å². The number of ether oxygens (including phenoxy) is 3. The van der Waals surface area contributed by atoms with Crippen LogP contribution in [-0.2, 0) is 19.0 Å². The molecule has 9 nitrogen and oxygen atoms in total. The maximum absolute atomic E-state index is 13.0. The van der Waals surface area contributed by atoms with E-state index >= 15 is 0 Å². The number of benzene rings is 1. The maximum atomic E-state index is 13.0. The Bertz CT molecular complexity index is 861. The van der Waals surface area contributed by atoms with E-state index in [-0.39, 0.29) is 11.7 Å². The van der Waals surface area contributed by atoms with Crippen molar-refractivity contribution in [2.24, 2.45) is 0 Å². The number of esters is 1. The topological polar surface area (TPSA) is 102 Å². The number of hydrazine groups is 1. The van der Waals surface area contributed by atoms with Crippen molar-refractivity contribution in [3.63, 3.8) is 0 Å². The van der Waals surface area contributed by atoms with Crippen LogP contribution in [0.3, 0.4) is 0 Å². The lowest BCUT2D eigenvalue weighted by Gasteiger charge is -2.33. The Morgan fingerprint density at radius 1 is 0.906 bits per heavy atom. The zero-order chi connectivity index (χ0) is 24.3. The third-order valence-corrected chi connectivity index (χ3v) is 5.28. The molecule has 0 N–H and O–H groups in total. The van der Waals surface area contributed by atoms with E-state index in [4.69, 9.17) is 14.2 Å². The van der Waals surface area contributed by atoms with Crippen molar-refractivity contribution in [3.8, 4) is 0 Å². The lowest BCUT2D eigenvalue weighted by molar-refractivity contribution is -0.149. The summed E-state index contributed by atoms with van der Waals surface area (Å²) in [7, 11) is 1.17. The number of carbonyl (C=O) groups is 4. The van der Waals surface area contributed by atoms with Crippen molar-refractivity contribution in [2.75, 3.05) is 13.7 Å². The molecule has 1 aliphatic heterocycles. The number of nitrogens with zero attached hydrogens (tertiary/aromatic N) is 2. The highest BCUT2D eigenvalue weighted by Crippen LogP contribution is 2.34. The molecule has 2 unspecified atom stereocenters. The molecule has 1 aromatic carbocycles. The molecule has 10 heteroatoms. The fourth-order valence-electron chi connectivity index (χ4n) is 2.92. The summed E-state index contributed by atoms with van der Waals surface area (Å²) in [6.45, 7) is 9.91. The smallest absolute Gasteiger partial charge is 0.430 e. The van der Waals surface area contributed by atoms with Crippen LogP contribution in [0.2, 0.25) is 0 Å². The van der Waals surface area contributed by atoms with Crippen molar-refractivity contribution in [2.45, 2.75) is 64.0 Å². The molecule has 0 aliphatic carbocycles. The summed E-state index contributed by atoms with van der Waals surface area (Å²) in [5.74, 6) is -0.778. The molecule has 1 heterocycles. The second-order valence-electron chi connectivity index (χ2n) is 9.17. The summed E-state index contributed by atoms with van der Waals surface area (Å²) in [5.41, 5.74) is -1.30. The normalized spacial score (nSPS) is 18.8. The number of hydrogen-bond donors (Lipinski definition) is 0. The van der Waals surface area contributed by atoms with Crippen LogP contribution < -0.4 is 0 Å². The van der Waals surface area contributed by atoms with E-state index in [0.29, 0.717) is 5.56 Å². The quantitative estimate of drug-likeness (QED) is 0.489. The number of rotatable bonds is 3. The van der Waals surface area contributed by atoms with Crippen LogP contribution in [0, 0.1) is 0 Å². The average molecular weight is 467 g/mol. The zero-order valence-corrected chi connectivity index (χ0v) is 20.2. The Morgan fingerprint density at radius 3 is 1.94 bits per heavy atom.